The van der Waals surface area contributed by atoms with Crippen molar-refractivity contribution >= 4 is 28.4 Å². The van der Waals surface area contributed by atoms with E-state index in [1.807, 2.05) is 30.3 Å². The van der Waals surface area contributed by atoms with Crippen molar-refractivity contribution in [2.75, 3.05) is 12.8 Å². The summed E-state index contributed by atoms with van der Waals surface area (Å²) in [5, 5.41) is 22.5. The van der Waals surface area contributed by atoms with Crippen LogP contribution < -0.4 is 10.5 Å². The fraction of sp³-hybridized carbons (Fsp3) is 0.0800. The number of ether oxygens (including phenoxy) is 1. The third-order valence-corrected chi connectivity index (χ3v) is 6.06. The van der Waals surface area contributed by atoms with E-state index >= 15 is 0 Å². The number of anilines is 1. The van der Waals surface area contributed by atoms with Crippen LogP contribution in [0.5, 0.6) is 5.75 Å². The summed E-state index contributed by atoms with van der Waals surface area (Å²) >= 11 is 1.44. The molecule has 0 atom stereocenters. The van der Waals surface area contributed by atoms with Crippen LogP contribution in [0.3, 0.4) is 0 Å². The molecule has 0 unspecified atom stereocenters. The number of nitrogens with zero attached hydrogens (tertiary/aromatic N) is 3. The summed E-state index contributed by atoms with van der Waals surface area (Å²) in [6, 6.07) is 25.9. The summed E-state index contributed by atoms with van der Waals surface area (Å²) in [5.74, 6) is 1.43. The first-order valence-electron chi connectivity index (χ1n) is 9.53. The molecule has 0 amide bonds. The van der Waals surface area contributed by atoms with E-state index in [2.05, 4.69) is 41.4 Å². The van der Waals surface area contributed by atoms with E-state index in [-0.39, 0.29) is 11.4 Å². The maximum atomic E-state index is 9.96. The zero-order valence-electron chi connectivity index (χ0n) is 16.8. The maximum Gasteiger partial charge on any atom is 0.143 e. The molecule has 4 aromatic rings. The Bertz CT molecular complexity index is 1350. The average molecular weight is 423 g/mol. The molecule has 150 valence electrons. The third-order valence-electron chi connectivity index (χ3n) is 5.04. The highest BCUT2D eigenvalue weighted by Crippen LogP contribution is 2.37. The van der Waals surface area contributed by atoms with Crippen LogP contribution in [0.1, 0.15) is 16.7 Å². The van der Waals surface area contributed by atoms with Gasteiger partial charge in [-0.1, -0.05) is 54.6 Å². The second-order valence-electron chi connectivity index (χ2n) is 6.81. The van der Waals surface area contributed by atoms with Gasteiger partial charge in [-0.25, -0.2) is 4.98 Å². The molecule has 0 bridgehead atoms. The Labute approximate surface area is 184 Å². The summed E-state index contributed by atoms with van der Waals surface area (Å²) in [6.45, 7) is 0. The second kappa shape index (κ2) is 8.79. The zero-order chi connectivity index (χ0) is 21.8. The Morgan fingerprint density at radius 2 is 1.65 bits per heavy atom. The number of fused-ring (bicyclic) bond motifs is 1. The number of nitriles is 2. The Hall–Kier alpha value is -4.00. The minimum atomic E-state index is 0.118. The number of hydrogen-bond acceptors (Lipinski definition) is 6. The highest BCUT2D eigenvalue weighted by atomic mass is 32.2. The predicted molar refractivity (Wildman–Crippen MR) is 124 cm³/mol. The molecular formula is C25H18N4OS. The van der Waals surface area contributed by atoms with Gasteiger partial charge in [-0.15, -0.1) is 11.8 Å². The quantitative estimate of drug-likeness (QED) is 0.425. The number of methoxy groups -OCH3 is 1. The molecule has 0 aliphatic rings. The van der Waals surface area contributed by atoms with E-state index in [0.29, 0.717) is 27.7 Å². The summed E-state index contributed by atoms with van der Waals surface area (Å²) in [6.07, 6.45) is 0. The van der Waals surface area contributed by atoms with E-state index in [1.165, 1.54) is 11.8 Å². The molecule has 2 N–H and O–H groups in total. The fourth-order valence-corrected chi connectivity index (χ4v) is 4.51. The van der Waals surface area contributed by atoms with Gasteiger partial charge in [-0.05, 0) is 34.0 Å². The van der Waals surface area contributed by atoms with Crippen LogP contribution >= 0.6 is 11.8 Å². The topological polar surface area (TPSA) is 95.7 Å². The van der Waals surface area contributed by atoms with Crippen molar-refractivity contribution < 1.29 is 4.74 Å². The molecule has 1 aromatic heterocycles. The van der Waals surface area contributed by atoms with Gasteiger partial charge in [-0.2, -0.15) is 10.5 Å². The first kappa shape index (κ1) is 20.3. The van der Waals surface area contributed by atoms with Crippen LogP contribution in [0.15, 0.2) is 71.8 Å². The van der Waals surface area contributed by atoms with E-state index in [9.17, 15) is 10.5 Å². The first-order valence-corrected chi connectivity index (χ1v) is 10.5. The number of rotatable bonds is 5. The molecule has 3 aromatic carbocycles. The van der Waals surface area contributed by atoms with Crippen LogP contribution in [-0.2, 0) is 5.75 Å². The Balaban J connectivity index is 1.78. The van der Waals surface area contributed by atoms with Gasteiger partial charge in [-0.3, -0.25) is 0 Å². The van der Waals surface area contributed by atoms with Gasteiger partial charge in [0.05, 0.1) is 12.7 Å². The Kier molecular flexibility index (Phi) is 5.75. The van der Waals surface area contributed by atoms with Crippen LogP contribution in [0.25, 0.3) is 21.9 Å². The molecule has 0 radical (unpaired) electrons. The molecule has 1 heterocycles. The van der Waals surface area contributed by atoms with Gasteiger partial charge >= 0.3 is 0 Å². The van der Waals surface area contributed by atoms with E-state index in [4.69, 9.17) is 10.5 Å². The van der Waals surface area contributed by atoms with Gasteiger partial charge in [0.1, 0.15) is 34.3 Å². The largest absolute Gasteiger partial charge is 0.497 e. The van der Waals surface area contributed by atoms with Gasteiger partial charge in [0.25, 0.3) is 0 Å². The van der Waals surface area contributed by atoms with E-state index < -0.39 is 0 Å². The van der Waals surface area contributed by atoms with Crippen molar-refractivity contribution in [1.82, 2.24) is 4.98 Å². The molecule has 4 rings (SSSR count). The highest BCUT2D eigenvalue weighted by Gasteiger charge is 2.20. The number of nitrogens with two attached hydrogens (primary N) is 1. The number of aromatic nitrogens is 1. The van der Waals surface area contributed by atoms with Gasteiger partial charge in [0.2, 0.25) is 0 Å². The minimum Gasteiger partial charge on any atom is -0.497 e. The maximum absolute atomic E-state index is 9.96. The number of hydrogen-bond donors (Lipinski definition) is 1. The molecule has 0 saturated heterocycles. The summed E-state index contributed by atoms with van der Waals surface area (Å²) in [7, 11) is 1.59. The van der Waals surface area contributed by atoms with Crippen LogP contribution in [0, 0.1) is 22.7 Å². The second-order valence-corrected chi connectivity index (χ2v) is 7.77. The van der Waals surface area contributed by atoms with E-state index in [0.717, 1.165) is 21.9 Å². The molecule has 0 aliphatic carbocycles. The Morgan fingerprint density at radius 3 is 2.35 bits per heavy atom. The first-order chi connectivity index (χ1) is 15.2. The SMILES string of the molecule is COc1ccc(-c2c(C#N)c(N)nc(SCc3cccc4ccccc34)c2C#N)cc1. The minimum absolute atomic E-state index is 0.118. The van der Waals surface area contributed by atoms with Gasteiger partial charge in [0, 0.05) is 11.3 Å². The lowest BCUT2D eigenvalue weighted by atomic mass is 9.97. The van der Waals surface area contributed by atoms with Crippen molar-refractivity contribution in [3.05, 3.63) is 83.4 Å². The molecule has 6 heteroatoms. The Morgan fingerprint density at radius 1 is 0.935 bits per heavy atom. The lowest BCUT2D eigenvalue weighted by Gasteiger charge is -2.14. The summed E-state index contributed by atoms with van der Waals surface area (Å²) in [4.78, 5) is 4.40. The molecular weight excluding hydrogens is 404 g/mol. The van der Waals surface area contributed by atoms with Gasteiger partial charge < -0.3 is 10.5 Å². The standard InChI is InChI=1S/C25H18N4OS/c1-30-19-11-9-17(10-12-19)23-21(13-26)24(28)29-25(22(23)14-27)31-15-18-7-4-6-16-5-2-3-8-20(16)18/h2-12H,15H2,1H3,(H2,28,29). The zero-order valence-corrected chi connectivity index (χ0v) is 17.6. The predicted octanol–water partition coefficient (Wildman–Crippen LogP) is 5.53. The molecule has 0 fully saturated rings. The monoisotopic (exact) mass is 422 g/mol. The third kappa shape index (κ3) is 3.90. The molecule has 31 heavy (non-hydrogen) atoms. The van der Waals surface area contributed by atoms with Gasteiger partial charge in [0.15, 0.2) is 0 Å². The van der Waals surface area contributed by atoms with Crippen LogP contribution in [0.2, 0.25) is 0 Å². The van der Waals surface area contributed by atoms with Crippen molar-refractivity contribution in [3.63, 3.8) is 0 Å². The number of nitrogen functional groups attached to an aromatic ring is 1. The molecule has 0 saturated carbocycles. The van der Waals surface area contributed by atoms with Crippen molar-refractivity contribution in [2.45, 2.75) is 10.8 Å². The van der Waals surface area contributed by atoms with Crippen molar-refractivity contribution in [1.29, 1.82) is 10.5 Å². The molecule has 0 aliphatic heterocycles. The smallest absolute Gasteiger partial charge is 0.143 e. The number of thioether (sulfide) groups is 1. The van der Waals surface area contributed by atoms with Crippen molar-refractivity contribution in [2.24, 2.45) is 0 Å². The summed E-state index contributed by atoms with van der Waals surface area (Å²) in [5.41, 5.74) is 9.04. The normalized spacial score (nSPS) is 10.4. The van der Waals surface area contributed by atoms with Crippen LogP contribution in [0.4, 0.5) is 5.82 Å². The van der Waals surface area contributed by atoms with Crippen molar-refractivity contribution in [3.8, 4) is 29.0 Å². The van der Waals surface area contributed by atoms with E-state index in [1.54, 1.807) is 19.2 Å². The average Bonchev–Trinajstić information content (AvgIpc) is 2.82. The molecule has 5 nitrogen and oxygen atoms in total. The highest BCUT2D eigenvalue weighted by molar-refractivity contribution is 7.98. The lowest BCUT2D eigenvalue weighted by molar-refractivity contribution is 0.415. The number of pyridine rings is 1. The van der Waals surface area contributed by atoms with Crippen LogP contribution in [-0.4, -0.2) is 12.1 Å². The fourth-order valence-electron chi connectivity index (χ4n) is 3.51. The number of benzene rings is 3. The lowest BCUT2D eigenvalue weighted by Crippen LogP contribution is -2.03. The molecule has 0 spiro atoms. The summed E-state index contributed by atoms with van der Waals surface area (Å²) < 4.78 is 5.22.